The predicted octanol–water partition coefficient (Wildman–Crippen LogP) is 5.26. The lowest BCUT2D eigenvalue weighted by molar-refractivity contribution is 0.268. The summed E-state index contributed by atoms with van der Waals surface area (Å²) in [6.45, 7) is 6.77. The largest absolute Gasteiger partial charge is 0.411 e. The number of hydrogen-bond donors (Lipinski definition) is 1. The van der Waals surface area contributed by atoms with Crippen LogP contribution in [0, 0.1) is 0 Å². The van der Waals surface area contributed by atoms with E-state index in [4.69, 9.17) is 0 Å². The molecule has 0 amide bonds. The average molecular weight is 360 g/mol. The van der Waals surface area contributed by atoms with Crippen LogP contribution in [-0.4, -0.2) is 28.6 Å². The molecule has 1 unspecified atom stereocenters. The third kappa shape index (κ3) is 2.30. The maximum absolute atomic E-state index is 9.43. The summed E-state index contributed by atoms with van der Waals surface area (Å²) in [5.41, 5.74) is 6.76. The molecule has 27 heavy (non-hydrogen) atoms. The molecule has 0 saturated heterocycles. The van der Waals surface area contributed by atoms with Gasteiger partial charge >= 0.3 is 0 Å². The Morgan fingerprint density at radius 2 is 1.67 bits per heavy atom. The van der Waals surface area contributed by atoms with Gasteiger partial charge in [0.15, 0.2) is 5.70 Å². The number of allylic oxidation sites excluding steroid dienone is 1. The Balaban J connectivity index is 2.16. The second-order valence-corrected chi connectivity index (χ2v) is 8.37. The first kappa shape index (κ1) is 17.6. The summed E-state index contributed by atoms with van der Waals surface area (Å²) in [4.78, 5) is 0. The van der Waals surface area contributed by atoms with Gasteiger partial charge in [0.25, 0.3) is 0 Å². The van der Waals surface area contributed by atoms with Gasteiger partial charge in [0, 0.05) is 30.2 Å². The van der Waals surface area contributed by atoms with Crippen LogP contribution in [-0.2, 0) is 7.05 Å². The van der Waals surface area contributed by atoms with Gasteiger partial charge in [0.2, 0.25) is 0 Å². The van der Waals surface area contributed by atoms with Crippen molar-refractivity contribution in [3.05, 3.63) is 65.9 Å². The molecule has 0 aliphatic carbocycles. The fraction of sp³-hybridized carbons (Fsp3) is 0.261. The first-order chi connectivity index (χ1) is 12.8. The lowest BCUT2D eigenvalue weighted by Gasteiger charge is -2.44. The summed E-state index contributed by atoms with van der Waals surface area (Å²) in [6.07, 6.45) is 3.78. The van der Waals surface area contributed by atoms with Gasteiger partial charge in [-0.3, -0.25) is 4.48 Å². The second-order valence-electron chi connectivity index (χ2n) is 8.37. The van der Waals surface area contributed by atoms with Crippen molar-refractivity contribution < 1.29 is 5.21 Å². The molecule has 2 heterocycles. The fourth-order valence-electron chi connectivity index (χ4n) is 4.38. The van der Waals surface area contributed by atoms with Crippen molar-refractivity contribution in [3.8, 4) is 0 Å². The third-order valence-electron chi connectivity index (χ3n) is 6.06. The van der Waals surface area contributed by atoms with Crippen LogP contribution in [0.5, 0.6) is 0 Å². The molecule has 138 valence electrons. The first-order valence-electron chi connectivity index (χ1n) is 9.24. The minimum Gasteiger partial charge on any atom is -0.411 e. The smallest absolute Gasteiger partial charge is 0.157 e. The number of benzene rings is 2. The van der Waals surface area contributed by atoms with E-state index in [0.717, 1.165) is 11.1 Å². The zero-order valence-corrected chi connectivity index (χ0v) is 16.6. The molecular formula is C23H26N3O+. The van der Waals surface area contributed by atoms with Crippen LogP contribution < -0.4 is 4.48 Å². The van der Waals surface area contributed by atoms with Crippen LogP contribution in [0.25, 0.3) is 22.2 Å². The van der Waals surface area contributed by atoms with Crippen LogP contribution in [0.1, 0.15) is 31.9 Å². The number of aromatic nitrogens is 1. The van der Waals surface area contributed by atoms with Crippen molar-refractivity contribution >= 4 is 34.1 Å². The Kier molecular flexibility index (Phi) is 3.79. The summed E-state index contributed by atoms with van der Waals surface area (Å²) >= 11 is 0. The first-order valence-corrected chi connectivity index (χ1v) is 9.24. The van der Waals surface area contributed by atoms with Crippen LogP contribution in [0.3, 0.4) is 0 Å². The number of aryl methyl sites for hydroxylation is 1. The summed E-state index contributed by atoms with van der Waals surface area (Å²) in [5.74, 6) is 0. The van der Waals surface area contributed by atoms with E-state index in [-0.39, 0.29) is 5.54 Å². The van der Waals surface area contributed by atoms with E-state index in [2.05, 4.69) is 93.3 Å². The SMILES string of the molecule is Cn1cc(C2=C(C=NO)c3ccccc3[N+]2(C)C(C)(C)C)c2ccccc21. The van der Waals surface area contributed by atoms with E-state index in [1.54, 1.807) is 6.21 Å². The summed E-state index contributed by atoms with van der Waals surface area (Å²) in [6, 6.07) is 16.9. The van der Waals surface area contributed by atoms with E-state index < -0.39 is 0 Å². The number of oxime groups is 1. The van der Waals surface area contributed by atoms with Gasteiger partial charge in [0.05, 0.1) is 35.5 Å². The zero-order valence-electron chi connectivity index (χ0n) is 16.6. The van der Waals surface area contributed by atoms with Gasteiger partial charge < -0.3 is 9.77 Å². The monoisotopic (exact) mass is 360 g/mol. The molecular weight excluding hydrogens is 334 g/mol. The van der Waals surface area contributed by atoms with Crippen molar-refractivity contribution in [2.75, 3.05) is 7.05 Å². The van der Waals surface area contributed by atoms with Crippen LogP contribution >= 0.6 is 0 Å². The minimum absolute atomic E-state index is 0.0899. The topological polar surface area (TPSA) is 37.5 Å². The summed E-state index contributed by atoms with van der Waals surface area (Å²) in [5, 5.41) is 14.1. The molecule has 4 heteroatoms. The molecule has 1 aromatic heterocycles. The van der Waals surface area contributed by atoms with Gasteiger partial charge in [-0.05, 0) is 32.9 Å². The summed E-state index contributed by atoms with van der Waals surface area (Å²) in [7, 11) is 4.34. The van der Waals surface area contributed by atoms with Crippen molar-refractivity contribution in [2.24, 2.45) is 12.2 Å². The highest BCUT2D eigenvalue weighted by Crippen LogP contribution is 2.53. The molecule has 2 aromatic carbocycles. The number of quaternary nitrogens is 1. The van der Waals surface area contributed by atoms with Gasteiger partial charge in [0.1, 0.15) is 5.69 Å². The Labute approximate surface area is 160 Å². The Morgan fingerprint density at radius 3 is 2.37 bits per heavy atom. The maximum Gasteiger partial charge on any atom is 0.157 e. The quantitative estimate of drug-likeness (QED) is 0.288. The molecule has 4 nitrogen and oxygen atoms in total. The second kappa shape index (κ2) is 5.83. The van der Waals surface area contributed by atoms with Gasteiger partial charge in [-0.1, -0.05) is 35.5 Å². The van der Waals surface area contributed by atoms with E-state index in [1.807, 2.05) is 6.07 Å². The lowest BCUT2D eigenvalue weighted by atomic mass is 9.97. The van der Waals surface area contributed by atoms with Crippen LogP contribution in [0.4, 0.5) is 5.69 Å². The number of hydrogen-bond acceptors (Lipinski definition) is 2. The standard InChI is InChI=1S/C23H25N3O/c1-23(2,3)26(5)21-13-9-7-11-17(21)18(14-24-27)22(26)19-15-25(4)20-12-8-6-10-16(19)20/h6-15H,1-5H3/p+1. The predicted molar refractivity (Wildman–Crippen MR) is 114 cm³/mol. The molecule has 4 rings (SSSR count). The number of nitrogens with zero attached hydrogens (tertiary/aromatic N) is 3. The highest BCUT2D eigenvalue weighted by molar-refractivity contribution is 6.26. The molecule has 3 aromatic rings. The number of para-hydroxylation sites is 2. The summed E-state index contributed by atoms with van der Waals surface area (Å²) < 4.78 is 2.81. The molecule has 1 aliphatic heterocycles. The van der Waals surface area contributed by atoms with Crippen molar-refractivity contribution in [1.82, 2.24) is 9.05 Å². The Morgan fingerprint density at radius 1 is 1.00 bits per heavy atom. The van der Waals surface area contributed by atoms with Crippen LogP contribution in [0.15, 0.2) is 59.9 Å². The minimum atomic E-state index is -0.0899. The average Bonchev–Trinajstić information content (AvgIpc) is 3.09. The Bertz CT molecular complexity index is 1100. The molecule has 1 N–H and O–H groups in total. The van der Waals surface area contributed by atoms with Gasteiger partial charge in [-0.2, -0.15) is 0 Å². The van der Waals surface area contributed by atoms with Crippen LogP contribution in [0.2, 0.25) is 0 Å². The molecule has 0 radical (unpaired) electrons. The van der Waals surface area contributed by atoms with E-state index in [9.17, 15) is 5.21 Å². The van der Waals surface area contributed by atoms with Crippen molar-refractivity contribution in [2.45, 2.75) is 26.3 Å². The van der Waals surface area contributed by atoms with Crippen molar-refractivity contribution in [1.29, 1.82) is 0 Å². The normalized spacial score (nSPS) is 20.0. The maximum atomic E-state index is 9.43. The van der Waals surface area contributed by atoms with Crippen molar-refractivity contribution in [3.63, 3.8) is 0 Å². The van der Waals surface area contributed by atoms with Gasteiger partial charge in [-0.15, -0.1) is 0 Å². The molecule has 0 fully saturated rings. The zero-order chi connectivity index (χ0) is 19.4. The molecule has 0 saturated carbocycles. The highest BCUT2D eigenvalue weighted by Gasteiger charge is 2.51. The van der Waals surface area contributed by atoms with E-state index >= 15 is 0 Å². The van der Waals surface area contributed by atoms with E-state index in [0.29, 0.717) is 4.48 Å². The lowest BCUT2D eigenvalue weighted by Crippen LogP contribution is -2.56. The highest BCUT2D eigenvalue weighted by atomic mass is 16.4. The molecule has 0 bridgehead atoms. The number of rotatable bonds is 2. The van der Waals surface area contributed by atoms with E-state index in [1.165, 1.54) is 27.9 Å². The fourth-order valence-corrected chi connectivity index (χ4v) is 4.38. The molecule has 1 atom stereocenters. The molecule has 1 aliphatic rings. The molecule has 0 spiro atoms. The third-order valence-corrected chi connectivity index (χ3v) is 6.06. The Hall–Kier alpha value is -2.85. The van der Waals surface area contributed by atoms with Gasteiger partial charge in [-0.25, -0.2) is 0 Å². The number of fused-ring (bicyclic) bond motifs is 2.